The van der Waals surface area contributed by atoms with Crippen LogP contribution in [0.1, 0.15) is 61.1 Å². The summed E-state index contributed by atoms with van der Waals surface area (Å²) in [5, 5.41) is 10.2. The summed E-state index contributed by atoms with van der Waals surface area (Å²) in [6.45, 7) is 8.22. The first-order valence-corrected chi connectivity index (χ1v) is 7.48. The van der Waals surface area contributed by atoms with Crippen LogP contribution in [-0.4, -0.2) is 16.1 Å². The van der Waals surface area contributed by atoms with Gasteiger partial charge >= 0.3 is 5.97 Å². The van der Waals surface area contributed by atoms with Gasteiger partial charge in [0.25, 0.3) is 0 Å². The van der Waals surface area contributed by atoms with E-state index in [1.165, 1.54) is 0 Å². The van der Waals surface area contributed by atoms with Crippen LogP contribution in [0.25, 0.3) is 10.9 Å². The van der Waals surface area contributed by atoms with Crippen molar-refractivity contribution < 1.29 is 9.90 Å². The van der Waals surface area contributed by atoms with Gasteiger partial charge in [0.05, 0.1) is 11.1 Å². The SMILES string of the molecule is CC(C)c1cc(C(=O)O)c2cc(Br)cc(C(C)C)c2n1. The number of halogens is 1. The molecule has 3 nitrogen and oxygen atoms in total. The van der Waals surface area contributed by atoms with E-state index in [1.807, 2.05) is 26.0 Å². The Balaban J connectivity index is 2.93. The second-order valence-corrected chi connectivity index (χ2v) is 6.52. The maximum atomic E-state index is 11.5. The van der Waals surface area contributed by atoms with E-state index in [9.17, 15) is 9.90 Å². The number of carboxylic acids is 1. The maximum Gasteiger partial charge on any atom is 0.336 e. The number of fused-ring (bicyclic) bond motifs is 1. The average molecular weight is 336 g/mol. The maximum absolute atomic E-state index is 11.5. The number of aromatic nitrogens is 1. The summed E-state index contributed by atoms with van der Waals surface area (Å²) in [6.07, 6.45) is 0. The number of nitrogens with zero attached hydrogens (tertiary/aromatic N) is 1. The lowest BCUT2D eigenvalue weighted by atomic mass is 9.96. The van der Waals surface area contributed by atoms with Gasteiger partial charge in [-0.3, -0.25) is 4.98 Å². The fraction of sp³-hybridized carbons (Fsp3) is 0.375. The molecule has 0 unspecified atom stereocenters. The molecule has 20 heavy (non-hydrogen) atoms. The molecule has 0 saturated heterocycles. The molecule has 0 aliphatic carbocycles. The Hall–Kier alpha value is -1.42. The molecule has 4 heteroatoms. The van der Waals surface area contributed by atoms with Gasteiger partial charge in [0.2, 0.25) is 0 Å². The standard InChI is InChI=1S/C16H18BrNO2/c1-8(2)11-5-10(17)6-12-13(16(19)20)7-14(9(3)4)18-15(11)12/h5-9H,1-4H3,(H,19,20). The van der Waals surface area contributed by atoms with E-state index in [0.29, 0.717) is 10.9 Å². The first-order valence-electron chi connectivity index (χ1n) is 6.68. The summed E-state index contributed by atoms with van der Waals surface area (Å²) >= 11 is 3.46. The van der Waals surface area contributed by atoms with Crippen molar-refractivity contribution in [1.29, 1.82) is 0 Å². The summed E-state index contributed by atoms with van der Waals surface area (Å²) in [4.78, 5) is 16.2. The largest absolute Gasteiger partial charge is 0.478 e. The molecule has 0 aliphatic heterocycles. The number of benzene rings is 1. The Morgan fingerprint density at radius 1 is 1.15 bits per heavy atom. The number of carbonyl (C=O) groups is 1. The van der Waals surface area contributed by atoms with E-state index in [0.717, 1.165) is 21.2 Å². The third-order valence-electron chi connectivity index (χ3n) is 3.37. The molecular formula is C16H18BrNO2. The molecule has 1 aromatic carbocycles. The smallest absolute Gasteiger partial charge is 0.336 e. The fourth-order valence-electron chi connectivity index (χ4n) is 2.25. The van der Waals surface area contributed by atoms with E-state index in [1.54, 1.807) is 6.07 Å². The lowest BCUT2D eigenvalue weighted by Crippen LogP contribution is -2.05. The van der Waals surface area contributed by atoms with Crippen LogP contribution in [-0.2, 0) is 0 Å². The lowest BCUT2D eigenvalue weighted by molar-refractivity contribution is 0.0699. The highest BCUT2D eigenvalue weighted by Gasteiger charge is 2.17. The Labute approximate surface area is 127 Å². The fourth-order valence-corrected chi connectivity index (χ4v) is 2.73. The highest BCUT2D eigenvalue weighted by atomic mass is 79.9. The average Bonchev–Trinajstić information content (AvgIpc) is 2.35. The molecule has 0 fully saturated rings. The molecule has 0 spiro atoms. The summed E-state index contributed by atoms with van der Waals surface area (Å²) < 4.78 is 0.885. The monoisotopic (exact) mass is 335 g/mol. The predicted molar refractivity (Wildman–Crippen MR) is 84.6 cm³/mol. The first-order chi connectivity index (χ1) is 9.31. The summed E-state index contributed by atoms with van der Waals surface area (Å²) in [6, 6.07) is 5.55. The normalized spacial score (nSPS) is 11.6. The molecule has 0 radical (unpaired) electrons. The minimum absolute atomic E-state index is 0.196. The summed E-state index contributed by atoms with van der Waals surface area (Å²) in [7, 11) is 0. The zero-order chi connectivity index (χ0) is 15.0. The number of hydrogen-bond acceptors (Lipinski definition) is 2. The van der Waals surface area contributed by atoms with Gasteiger partial charge in [-0.25, -0.2) is 4.79 Å². The molecule has 0 bridgehead atoms. The molecule has 2 aromatic rings. The molecule has 2 rings (SSSR count). The van der Waals surface area contributed by atoms with Crippen molar-refractivity contribution in [3.05, 3.63) is 39.5 Å². The minimum Gasteiger partial charge on any atom is -0.478 e. The number of rotatable bonds is 3. The van der Waals surface area contributed by atoms with Crippen LogP contribution in [0.3, 0.4) is 0 Å². The first kappa shape index (κ1) is 15.0. The van der Waals surface area contributed by atoms with Crippen LogP contribution >= 0.6 is 15.9 Å². The Morgan fingerprint density at radius 3 is 2.30 bits per heavy atom. The van der Waals surface area contributed by atoms with Gasteiger partial charge in [0, 0.05) is 15.6 Å². The van der Waals surface area contributed by atoms with E-state index in [2.05, 4.69) is 29.8 Å². The predicted octanol–water partition coefficient (Wildman–Crippen LogP) is 4.94. The molecule has 1 N–H and O–H groups in total. The highest BCUT2D eigenvalue weighted by molar-refractivity contribution is 9.10. The highest BCUT2D eigenvalue weighted by Crippen LogP contribution is 2.32. The van der Waals surface area contributed by atoms with Crippen LogP contribution in [0, 0.1) is 0 Å². The van der Waals surface area contributed by atoms with Gasteiger partial charge in [-0.15, -0.1) is 0 Å². The van der Waals surface area contributed by atoms with Crippen molar-refractivity contribution in [2.75, 3.05) is 0 Å². The molecule has 0 saturated carbocycles. The quantitative estimate of drug-likeness (QED) is 0.863. The minimum atomic E-state index is -0.910. The van der Waals surface area contributed by atoms with Crippen molar-refractivity contribution in [2.45, 2.75) is 39.5 Å². The van der Waals surface area contributed by atoms with Gasteiger partial charge in [-0.1, -0.05) is 43.6 Å². The third-order valence-corrected chi connectivity index (χ3v) is 3.83. The number of carboxylic acid groups (broad SMARTS) is 1. The zero-order valence-electron chi connectivity index (χ0n) is 12.1. The Bertz CT molecular complexity index is 678. The lowest BCUT2D eigenvalue weighted by Gasteiger charge is -2.15. The number of hydrogen-bond donors (Lipinski definition) is 1. The van der Waals surface area contributed by atoms with Crippen LogP contribution < -0.4 is 0 Å². The van der Waals surface area contributed by atoms with Crippen LogP contribution in [0.5, 0.6) is 0 Å². The van der Waals surface area contributed by atoms with Crippen molar-refractivity contribution in [3.8, 4) is 0 Å². The van der Waals surface area contributed by atoms with Crippen LogP contribution in [0.15, 0.2) is 22.7 Å². The molecular weight excluding hydrogens is 318 g/mol. The van der Waals surface area contributed by atoms with Crippen molar-refractivity contribution in [1.82, 2.24) is 4.98 Å². The van der Waals surface area contributed by atoms with Crippen molar-refractivity contribution in [3.63, 3.8) is 0 Å². The molecule has 1 aromatic heterocycles. The van der Waals surface area contributed by atoms with Crippen molar-refractivity contribution in [2.24, 2.45) is 0 Å². The zero-order valence-corrected chi connectivity index (χ0v) is 13.7. The summed E-state index contributed by atoms with van der Waals surface area (Å²) in [5.74, 6) is -0.431. The second kappa shape index (κ2) is 5.52. The van der Waals surface area contributed by atoms with Gasteiger partial charge < -0.3 is 5.11 Å². The van der Waals surface area contributed by atoms with E-state index < -0.39 is 5.97 Å². The summed E-state index contributed by atoms with van der Waals surface area (Å²) in [5.41, 5.74) is 3.01. The Morgan fingerprint density at radius 2 is 1.80 bits per heavy atom. The molecule has 0 amide bonds. The molecule has 0 aliphatic rings. The number of aromatic carboxylic acids is 1. The topological polar surface area (TPSA) is 50.2 Å². The van der Waals surface area contributed by atoms with Gasteiger partial charge in [0.1, 0.15) is 0 Å². The Kier molecular flexibility index (Phi) is 4.14. The molecule has 1 heterocycles. The van der Waals surface area contributed by atoms with Crippen LogP contribution in [0.2, 0.25) is 0 Å². The number of pyridine rings is 1. The van der Waals surface area contributed by atoms with Crippen LogP contribution in [0.4, 0.5) is 0 Å². The molecule has 0 atom stereocenters. The van der Waals surface area contributed by atoms with E-state index in [-0.39, 0.29) is 11.8 Å². The third kappa shape index (κ3) is 2.70. The molecule has 106 valence electrons. The van der Waals surface area contributed by atoms with Gasteiger partial charge in [-0.05, 0) is 35.6 Å². The van der Waals surface area contributed by atoms with Gasteiger partial charge in [0.15, 0.2) is 0 Å². The second-order valence-electron chi connectivity index (χ2n) is 5.60. The van der Waals surface area contributed by atoms with E-state index >= 15 is 0 Å². The van der Waals surface area contributed by atoms with Crippen molar-refractivity contribution >= 4 is 32.8 Å². The van der Waals surface area contributed by atoms with E-state index in [4.69, 9.17) is 4.98 Å². The van der Waals surface area contributed by atoms with Gasteiger partial charge in [-0.2, -0.15) is 0 Å².